The highest BCUT2D eigenvalue weighted by molar-refractivity contribution is 6.00. The summed E-state index contributed by atoms with van der Waals surface area (Å²) in [5, 5.41) is 11.9. The van der Waals surface area contributed by atoms with E-state index in [0.29, 0.717) is 29.3 Å². The molecule has 1 aliphatic heterocycles. The topological polar surface area (TPSA) is 91.4 Å². The number of ether oxygens (including phenoxy) is 1. The molecular weight excluding hydrogens is 260 g/mol. The van der Waals surface area contributed by atoms with Crippen molar-refractivity contribution in [2.24, 2.45) is 5.92 Å². The summed E-state index contributed by atoms with van der Waals surface area (Å²) in [5.41, 5.74) is 1.58. The molecule has 0 aromatic carbocycles. The van der Waals surface area contributed by atoms with Gasteiger partial charge < -0.3 is 20.1 Å². The Labute approximate surface area is 117 Å². The van der Waals surface area contributed by atoms with Crippen molar-refractivity contribution in [3.63, 3.8) is 0 Å². The maximum Gasteiger partial charge on any atom is 0.352 e. The van der Waals surface area contributed by atoms with Crippen molar-refractivity contribution < 1.29 is 19.4 Å². The van der Waals surface area contributed by atoms with Gasteiger partial charge in [0.05, 0.1) is 5.56 Å². The largest absolute Gasteiger partial charge is 0.477 e. The van der Waals surface area contributed by atoms with Gasteiger partial charge in [-0.15, -0.1) is 0 Å². The number of carboxylic acids is 1. The van der Waals surface area contributed by atoms with Crippen LogP contribution < -0.4 is 5.32 Å². The Kier molecular flexibility index (Phi) is 4.44. The summed E-state index contributed by atoms with van der Waals surface area (Å²) in [7, 11) is 0. The molecule has 1 amide bonds. The molecule has 1 fully saturated rings. The molecule has 0 saturated carbocycles. The average Bonchev–Trinajstić information content (AvgIpc) is 2.97. The van der Waals surface area contributed by atoms with E-state index in [1.165, 1.54) is 0 Å². The summed E-state index contributed by atoms with van der Waals surface area (Å²) in [4.78, 5) is 25.9. The molecule has 1 aromatic heterocycles. The zero-order valence-electron chi connectivity index (χ0n) is 11.8. The first-order valence-corrected chi connectivity index (χ1v) is 6.79. The van der Waals surface area contributed by atoms with Crippen LogP contribution in [0.2, 0.25) is 0 Å². The first-order valence-electron chi connectivity index (χ1n) is 6.79. The number of aromatic carboxylic acids is 1. The van der Waals surface area contributed by atoms with Crippen molar-refractivity contribution in [2.75, 3.05) is 19.8 Å². The van der Waals surface area contributed by atoms with E-state index in [2.05, 4.69) is 10.3 Å². The predicted molar refractivity (Wildman–Crippen MR) is 73.1 cm³/mol. The first kappa shape index (κ1) is 14.6. The van der Waals surface area contributed by atoms with Gasteiger partial charge >= 0.3 is 5.97 Å². The Bertz CT molecular complexity index is 515. The van der Waals surface area contributed by atoms with E-state index in [0.717, 1.165) is 26.1 Å². The number of carbonyl (C=O) groups is 2. The summed E-state index contributed by atoms with van der Waals surface area (Å²) in [6.07, 6.45) is 1.93. The van der Waals surface area contributed by atoms with E-state index in [9.17, 15) is 9.59 Å². The lowest BCUT2D eigenvalue weighted by molar-refractivity contribution is 0.0690. The quantitative estimate of drug-likeness (QED) is 0.762. The maximum absolute atomic E-state index is 12.1. The second-order valence-corrected chi connectivity index (χ2v) is 5.20. The number of amides is 1. The van der Waals surface area contributed by atoms with E-state index in [1.54, 1.807) is 13.8 Å². The summed E-state index contributed by atoms with van der Waals surface area (Å²) < 4.78 is 5.28. The number of aromatic amines is 1. The normalized spacial score (nSPS) is 18.2. The Morgan fingerprint density at radius 2 is 2.20 bits per heavy atom. The number of H-pyrrole nitrogens is 1. The fourth-order valence-corrected chi connectivity index (χ4v) is 2.59. The van der Waals surface area contributed by atoms with Crippen LogP contribution in [0.3, 0.4) is 0 Å². The molecule has 2 heterocycles. The van der Waals surface area contributed by atoms with Crippen LogP contribution in [0.5, 0.6) is 0 Å². The molecule has 1 atom stereocenters. The van der Waals surface area contributed by atoms with E-state index in [-0.39, 0.29) is 11.6 Å². The van der Waals surface area contributed by atoms with Gasteiger partial charge in [-0.3, -0.25) is 4.79 Å². The van der Waals surface area contributed by atoms with Gasteiger partial charge in [-0.1, -0.05) is 0 Å². The smallest absolute Gasteiger partial charge is 0.352 e. The highest BCUT2D eigenvalue weighted by Crippen LogP contribution is 2.18. The molecule has 6 nitrogen and oxygen atoms in total. The van der Waals surface area contributed by atoms with E-state index in [4.69, 9.17) is 9.84 Å². The molecule has 0 radical (unpaired) electrons. The van der Waals surface area contributed by atoms with Crippen LogP contribution >= 0.6 is 0 Å². The van der Waals surface area contributed by atoms with Crippen molar-refractivity contribution in [3.8, 4) is 0 Å². The van der Waals surface area contributed by atoms with E-state index < -0.39 is 5.97 Å². The van der Waals surface area contributed by atoms with Crippen LogP contribution in [0.15, 0.2) is 0 Å². The van der Waals surface area contributed by atoms with Gasteiger partial charge in [0.2, 0.25) is 0 Å². The summed E-state index contributed by atoms with van der Waals surface area (Å²) in [6, 6.07) is 0. The van der Waals surface area contributed by atoms with Gasteiger partial charge in [-0.2, -0.15) is 0 Å². The van der Waals surface area contributed by atoms with E-state index >= 15 is 0 Å². The highest BCUT2D eigenvalue weighted by atomic mass is 16.5. The van der Waals surface area contributed by atoms with Crippen LogP contribution in [0.4, 0.5) is 0 Å². The van der Waals surface area contributed by atoms with Gasteiger partial charge in [0, 0.05) is 25.5 Å². The average molecular weight is 280 g/mol. The molecule has 3 N–H and O–H groups in total. The monoisotopic (exact) mass is 280 g/mol. The van der Waals surface area contributed by atoms with Crippen LogP contribution in [0.1, 0.15) is 44.9 Å². The minimum Gasteiger partial charge on any atom is -0.477 e. The van der Waals surface area contributed by atoms with Gasteiger partial charge in [-0.25, -0.2) is 4.79 Å². The molecule has 1 aliphatic rings. The number of carbonyl (C=O) groups excluding carboxylic acids is 1. The fraction of sp³-hybridized carbons (Fsp3) is 0.571. The lowest BCUT2D eigenvalue weighted by Crippen LogP contribution is -2.27. The number of carboxylic acid groups (broad SMARTS) is 1. The SMILES string of the molecule is Cc1[nH]c(C(=O)O)c(C)c1C(=O)NCCC1CCOC1. The van der Waals surface area contributed by atoms with Crippen LogP contribution in [0.25, 0.3) is 0 Å². The number of nitrogens with one attached hydrogen (secondary N) is 2. The van der Waals surface area contributed by atoms with Crippen molar-refractivity contribution in [1.29, 1.82) is 0 Å². The minimum absolute atomic E-state index is 0.0804. The summed E-state index contributed by atoms with van der Waals surface area (Å²) in [6.45, 7) is 5.50. The van der Waals surface area contributed by atoms with E-state index in [1.807, 2.05) is 0 Å². The Hall–Kier alpha value is -1.82. The van der Waals surface area contributed by atoms with Gasteiger partial charge in [0.15, 0.2) is 0 Å². The van der Waals surface area contributed by atoms with Crippen LogP contribution in [0, 0.1) is 19.8 Å². The van der Waals surface area contributed by atoms with Crippen molar-refractivity contribution >= 4 is 11.9 Å². The summed E-state index contributed by atoms with van der Waals surface area (Å²) in [5.74, 6) is -0.756. The Morgan fingerprint density at radius 3 is 2.75 bits per heavy atom. The standard InChI is InChI=1S/C14H20N2O4/c1-8-11(9(2)16-12(8)14(18)19)13(17)15-5-3-10-4-6-20-7-10/h10,16H,3-7H2,1-2H3,(H,15,17)(H,18,19). The Morgan fingerprint density at radius 1 is 1.45 bits per heavy atom. The van der Waals surface area contributed by atoms with Crippen LogP contribution in [-0.4, -0.2) is 41.7 Å². The zero-order chi connectivity index (χ0) is 14.7. The molecule has 0 spiro atoms. The van der Waals surface area contributed by atoms with Crippen molar-refractivity contribution in [2.45, 2.75) is 26.7 Å². The third kappa shape index (κ3) is 3.01. The molecule has 0 aliphatic carbocycles. The summed E-state index contributed by atoms with van der Waals surface area (Å²) >= 11 is 0. The molecule has 20 heavy (non-hydrogen) atoms. The third-order valence-corrected chi connectivity index (χ3v) is 3.74. The maximum atomic E-state index is 12.1. The van der Waals surface area contributed by atoms with Crippen molar-refractivity contribution in [1.82, 2.24) is 10.3 Å². The number of aromatic nitrogens is 1. The van der Waals surface area contributed by atoms with Crippen LogP contribution in [-0.2, 0) is 4.74 Å². The second-order valence-electron chi connectivity index (χ2n) is 5.20. The lowest BCUT2D eigenvalue weighted by atomic mass is 10.0. The molecule has 110 valence electrons. The minimum atomic E-state index is -1.05. The third-order valence-electron chi connectivity index (χ3n) is 3.74. The second kappa shape index (κ2) is 6.09. The van der Waals surface area contributed by atoms with Gasteiger partial charge in [0.1, 0.15) is 5.69 Å². The lowest BCUT2D eigenvalue weighted by Gasteiger charge is -2.09. The molecule has 1 unspecified atom stereocenters. The molecule has 0 bridgehead atoms. The number of rotatable bonds is 5. The molecular formula is C14H20N2O4. The molecule has 6 heteroatoms. The molecule has 1 aromatic rings. The fourth-order valence-electron chi connectivity index (χ4n) is 2.59. The molecule has 1 saturated heterocycles. The highest BCUT2D eigenvalue weighted by Gasteiger charge is 2.22. The Balaban J connectivity index is 1.96. The number of hydrogen-bond acceptors (Lipinski definition) is 3. The van der Waals surface area contributed by atoms with Gasteiger partial charge in [-0.05, 0) is 38.2 Å². The number of hydrogen-bond donors (Lipinski definition) is 3. The first-order chi connectivity index (χ1) is 9.50. The van der Waals surface area contributed by atoms with Gasteiger partial charge in [0.25, 0.3) is 5.91 Å². The van der Waals surface area contributed by atoms with Crippen molar-refractivity contribution in [3.05, 3.63) is 22.5 Å². The zero-order valence-corrected chi connectivity index (χ0v) is 11.8. The predicted octanol–water partition coefficient (Wildman–Crippen LogP) is 1.49. The molecule has 2 rings (SSSR count). The number of aryl methyl sites for hydroxylation is 1.